The first-order valence-corrected chi connectivity index (χ1v) is 7.61. The third kappa shape index (κ3) is 9.37. The standard InChI is InChI=1S/C13H26N4.C2H4.CH5N/c1-11(15-4)16-12(2)17-13(10-14-3)8-6-5-7-9-13;2*1-2/h14H,5-10H2,1-4H3,(H,15,16,17);1-2H2;2H2,1H3. The number of amidine groups is 2. The molecule has 5 nitrogen and oxygen atoms in total. The molecule has 0 aromatic rings. The minimum atomic E-state index is 0.0953. The topological polar surface area (TPSA) is 74.8 Å². The fourth-order valence-corrected chi connectivity index (χ4v) is 2.57. The quantitative estimate of drug-likeness (QED) is 0.425. The zero-order chi connectivity index (χ0) is 16.7. The average molecular weight is 297 g/mol. The molecule has 0 aromatic heterocycles. The van der Waals surface area contributed by atoms with Gasteiger partial charge in [-0.15, -0.1) is 13.2 Å². The summed E-state index contributed by atoms with van der Waals surface area (Å²) in [6.07, 6.45) is 6.31. The van der Waals surface area contributed by atoms with E-state index in [4.69, 9.17) is 4.99 Å². The highest BCUT2D eigenvalue weighted by atomic mass is 15.1. The predicted molar refractivity (Wildman–Crippen MR) is 96.4 cm³/mol. The van der Waals surface area contributed by atoms with Gasteiger partial charge < -0.3 is 16.4 Å². The first-order chi connectivity index (χ1) is 10.1. The van der Waals surface area contributed by atoms with Crippen LogP contribution in [0.2, 0.25) is 0 Å². The van der Waals surface area contributed by atoms with Gasteiger partial charge in [-0.3, -0.25) is 9.98 Å². The van der Waals surface area contributed by atoms with E-state index in [0.29, 0.717) is 0 Å². The lowest BCUT2D eigenvalue weighted by Crippen LogP contribution is -2.42. The van der Waals surface area contributed by atoms with Gasteiger partial charge in [0.05, 0.1) is 17.2 Å². The van der Waals surface area contributed by atoms with E-state index in [1.807, 2.05) is 20.9 Å². The average Bonchev–Trinajstić information content (AvgIpc) is 2.52. The van der Waals surface area contributed by atoms with Gasteiger partial charge in [0.2, 0.25) is 0 Å². The minimum absolute atomic E-state index is 0.0953. The zero-order valence-corrected chi connectivity index (χ0v) is 14.6. The highest BCUT2D eigenvalue weighted by Crippen LogP contribution is 2.31. The van der Waals surface area contributed by atoms with Crippen molar-refractivity contribution >= 4 is 11.7 Å². The summed E-state index contributed by atoms with van der Waals surface area (Å²) in [7, 11) is 5.30. The van der Waals surface area contributed by atoms with E-state index in [-0.39, 0.29) is 5.54 Å². The van der Waals surface area contributed by atoms with E-state index < -0.39 is 0 Å². The molecule has 0 aromatic carbocycles. The molecule has 0 amide bonds. The molecule has 0 bridgehead atoms. The number of nitrogens with two attached hydrogens (primary N) is 1. The van der Waals surface area contributed by atoms with Crippen molar-refractivity contribution in [2.24, 2.45) is 15.7 Å². The zero-order valence-electron chi connectivity index (χ0n) is 14.6. The van der Waals surface area contributed by atoms with Crippen molar-refractivity contribution in [2.75, 3.05) is 27.7 Å². The van der Waals surface area contributed by atoms with Crippen molar-refractivity contribution < 1.29 is 0 Å². The van der Waals surface area contributed by atoms with Crippen LogP contribution in [-0.2, 0) is 0 Å². The van der Waals surface area contributed by atoms with Crippen molar-refractivity contribution in [1.82, 2.24) is 10.6 Å². The smallest absolute Gasteiger partial charge is 0.0991 e. The van der Waals surface area contributed by atoms with E-state index in [9.17, 15) is 0 Å². The molecule has 1 rings (SSSR count). The Balaban J connectivity index is 0. The maximum atomic E-state index is 4.91. The third-order valence-electron chi connectivity index (χ3n) is 3.39. The SMILES string of the molecule is C=C.CN.CN=C(C)NC(C)=NC1(CNC)CCCCC1. The van der Waals surface area contributed by atoms with Crippen LogP contribution in [0.3, 0.4) is 0 Å². The normalized spacial score (nSPS) is 17.8. The van der Waals surface area contributed by atoms with Gasteiger partial charge in [0, 0.05) is 13.6 Å². The molecule has 0 radical (unpaired) electrons. The van der Waals surface area contributed by atoms with Crippen LogP contribution in [-0.4, -0.2) is 44.9 Å². The Labute approximate surface area is 131 Å². The van der Waals surface area contributed by atoms with Crippen molar-refractivity contribution in [3.05, 3.63) is 13.2 Å². The summed E-state index contributed by atoms with van der Waals surface area (Å²) in [4.78, 5) is 9.01. The molecule has 124 valence electrons. The molecule has 0 saturated heterocycles. The second-order valence-electron chi connectivity index (χ2n) is 4.95. The first-order valence-electron chi connectivity index (χ1n) is 7.61. The fourth-order valence-electron chi connectivity index (χ4n) is 2.57. The van der Waals surface area contributed by atoms with Crippen LogP contribution in [0.5, 0.6) is 0 Å². The summed E-state index contributed by atoms with van der Waals surface area (Å²) < 4.78 is 0. The number of nitrogens with one attached hydrogen (secondary N) is 2. The number of likely N-dealkylation sites (N-methyl/N-ethyl adjacent to an activating group) is 1. The van der Waals surface area contributed by atoms with Crippen LogP contribution in [0.4, 0.5) is 0 Å². The van der Waals surface area contributed by atoms with Crippen LogP contribution < -0.4 is 16.4 Å². The van der Waals surface area contributed by atoms with Crippen molar-refractivity contribution in [3.63, 3.8) is 0 Å². The number of aliphatic imine (C=N–C) groups is 2. The van der Waals surface area contributed by atoms with E-state index in [2.05, 4.69) is 34.5 Å². The summed E-state index contributed by atoms with van der Waals surface area (Å²) in [6, 6.07) is 0. The Hall–Kier alpha value is -1.20. The van der Waals surface area contributed by atoms with Crippen LogP contribution >= 0.6 is 0 Å². The lowest BCUT2D eigenvalue weighted by atomic mass is 9.82. The van der Waals surface area contributed by atoms with Gasteiger partial charge >= 0.3 is 0 Å². The second kappa shape index (κ2) is 13.8. The van der Waals surface area contributed by atoms with Crippen molar-refractivity contribution in [2.45, 2.75) is 51.5 Å². The summed E-state index contributed by atoms with van der Waals surface area (Å²) in [5.74, 6) is 1.90. The Morgan fingerprint density at radius 1 is 1.10 bits per heavy atom. The van der Waals surface area contributed by atoms with Gasteiger partial charge in [0.15, 0.2) is 0 Å². The van der Waals surface area contributed by atoms with Gasteiger partial charge in [-0.25, -0.2) is 0 Å². The third-order valence-corrected chi connectivity index (χ3v) is 3.39. The molecule has 21 heavy (non-hydrogen) atoms. The van der Waals surface area contributed by atoms with Crippen LogP contribution in [0.15, 0.2) is 23.1 Å². The summed E-state index contributed by atoms with van der Waals surface area (Å²) in [5, 5.41) is 6.52. The molecule has 0 unspecified atom stereocenters. The molecule has 1 fully saturated rings. The van der Waals surface area contributed by atoms with Gasteiger partial charge in [-0.1, -0.05) is 19.3 Å². The van der Waals surface area contributed by atoms with E-state index in [1.165, 1.54) is 39.2 Å². The summed E-state index contributed by atoms with van der Waals surface area (Å²) in [5.41, 5.74) is 4.60. The van der Waals surface area contributed by atoms with E-state index >= 15 is 0 Å². The molecule has 0 heterocycles. The van der Waals surface area contributed by atoms with Gasteiger partial charge in [0.1, 0.15) is 0 Å². The Kier molecular flexibility index (Phi) is 14.5. The predicted octanol–water partition coefficient (Wildman–Crippen LogP) is 2.34. The number of hydrogen-bond donors (Lipinski definition) is 3. The molecule has 1 aliphatic rings. The maximum absolute atomic E-state index is 4.91. The number of hydrogen-bond acceptors (Lipinski definition) is 4. The Bertz CT molecular complexity index is 298. The monoisotopic (exact) mass is 297 g/mol. The molecule has 0 aliphatic heterocycles. The maximum Gasteiger partial charge on any atom is 0.0991 e. The largest absolute Gasteiger partial charge is 0.333 e. The summed E-state index contributed by atoms with van der Waals surface area (Å²) in [6.45, 7) is 11.0. The number of rotatable bonds is 3. The first kappa shape index (κ1) is 22.1. The minimum Gasteiger partial charge on any atom is -0.333 e. The van der Waals surface area contributed by atoms with Crippen LogP contribution in [0, 0.1) is 0 Å². The second-order valence-corrected chi connectivity index (χ2v) is 4.95. The molecular formula is C16H35N5. The van der Waals surface area contributed by atoms with E-state index in [0.717, 1.165) is 18.2 Å². The van der Waals surface area contributed by atoms with Crippen molar-refractivity contribution in [1.29, 1.82) is 0 Å². The molecular weight excluding hydrogens is 262 g/mol. The molecule has 1 saturated carbocycles. The lowest BCUT2D eigenvalue weighted by molar-refractivity contribution is 0.292. The molecule has 0 spiro atoms. The molecule has 0 atom stereocenters. The highest BCUT2D eigenvalue weighted by molar-refractivity contribution is 5.98. The van der Waals surface area contributed by atoms with E-state index in [1.54, 1.807) is 7.05 Å². The van der Waals surface area contributed by atoms with Gasteiger partial charge in [-0.2, -0.15) is 0 Å². The summed E-state index contributed by atoms with van der Waals surface area (Å²) >= 11 is 0. The lowest BCUT2D eigenvalue weighted by Gasteiger charge is -2.34. The van der Waals surface area contributed by atoms with Gasteiger partial charge in [0.25, 0.3) is 0 Å². The van der Waals surface area contributed by atoms with Crippen molar-refractivity contribution in [3.8, 4) is 0 Å². The highest BCUT2D eigenvalue weighted by Gasteiger charge is 2.30. The Morgan fingerprint density at radius 2 is 1.62 bits per heavy atom. The fraction of sp³-hybridized carbons (Fsp3) is 0.750. The van der Waals surface area contributed by atoms with Crippen LogP contribution in [0.1, 0.15) is 46.0 Å². The molecule has 4 N–H and O–H groups in total. The molecule has 5 heteroatoms. The Morgan fingerprint density at radius 3 is 2.05 bits per heavy atom. The number of nitrogens with zero attached hydrogens (tertiary/aromatic N) is 2. The van der Waals surface area contributed by atoms with Gasteiger partial charge in [-0.05, 0) is 40.8 Å². The molecule has 1 aliphatic carbocycles. The van der Waals surface area contributed by atoms with Crippen LogP contribution in [0.25, 0.3) is 0 Å².